The van der Waals surface area contributed by atoms with Crippen molar-refractivity contribution < 1.29 is 28.5 Å². The average molecular weight is 346 g/mol. The molecule has 0 fully saturated rings. The molecule has 0 amide bonds. The first kappa shape index (κ1) is 14.5. The molecule has 1 rings (SSSR count). The van der Waals surface area contributed by atoms with Gasteiger partial charge in [-0.25, -0.2) is 0 Å². The number of hydrogen-bond donors (Lipinski definition) is 0. The fraction of sp³-hybridized carbons (Fsp3) is 0.400. The van der Waals surface area contributed by atoms with Gasteiger partial charge in [0.25, 0.3) is 0 Å². The van der Waals surface area contributed by atoms with Crippen LogP contribution < -0.4 is 24.0 Å². The number of halogens is 3. The molecule has 80 valence electrons. The Balaban J connectivity index is 0.00000169. The topological polar surface area (TPSA) is 0 Å². The third-order valence-electron chi connectivity index (χ3n) is 1.96. The zero-order chi connectivity index (χ0) is 9.90. The van der Waals surface area contributed by atoms with Gasteiger partial charge in [0.15, 0.2) is 0 Å². The average Bonchev–Trinajstić information content (AvgIpc) is 2.05. The highest BCUT2D eigenvalue weighted by Gasteiger charge is 2.23. The predicted molar refractivity (Wildman–Crippen MR) is 57.7 cm³/mol. The molecule has 0 saturated carbocycles. The van der Waals surface area contributed by atoms with Crippen LogP contribution in [-0.2, 0) is 6.54 Å². The molecule has 0 atom stereocenters. The summed E-state index contributed by atoms with van der Waals surface area (Å²) >= 11 is 11.7. The van der Waals surface area contributed by atoms with Crippen molar-refractivity contribution in [3.05, 3.63) is 35.9 Å². The van der Waals surface area contributed by atoms with E-state index in [1.165, 1.54) is 5.56 Å². The van der Waals surface area contributed by atoms with Gasteiger partial charge in [-0.15, -0.1) is 0 Å². The van der Waals surface area contributed by atoms with Crippen LogP contribution in [0.4, 0.5) is 0 Å². The summed E-state index contributed by atoms with van der Waals surface area (Å²) in [6.07, 6.45) is 0. The van der Waals surface area contributed by atoms with Crippen LogP contribution in [0.5, 0.6) is 0 Å². The van der Waals surface area contributed by atoms with E-state index < -0.39 is 0 Å². The third kappa shape index (κ3) is 4.34. The lowest BCUT2D eigenvalue weighted by Crippen LogP contribution is -3.00. The highest BCUT2D eigenvalue weighted by atomic mass is 127. The Labute approximate surface area is 113 Å². The minimum atomic E-state index is -0.389. The maximum atomic E-state index is 5.86. The Morgan fingerprint density at radius 2 is 1.64 bits per heavy atom. The van der Waals surface area contributed by atoms with Crippen molar-refractivity contribution >= 4 is 23.2 Å². The van der Waals surface area contributed by atoms with E-state index in [0.717, 1.165) is 6.54 Å². The second-order valence-corrected chi connectivity index (χ2v) is 4.75. The van der Waals surface area contributed by atoms with E-state index in [2.05, 4.69) is 12.1 Å². The van der Waals surface area contributed by atoms with Gasteiger partial charge in [0.05, 0.1) is 14.1 Å². The van der Waals surface area contributed by atoms with Crippen LogP contribution in [0.15, 0.2) is 30.3 Å². The molecule has 0 aliphatic rings. The Morgan fingerprint density at radius 3 is 2.07 bits per heavy atom. The predicted octanol–water partition coefficient (Wildman–Crippen LogP) is 0.0282. The Kier molecular flexibility index (Phi) is 6.37. The van der Waals surface area contributed by atoms with Crippen LogP contribution in [0.2, 0.25) is 0 Å². The number of alkyl halides is 2. The summed E-state index contributed by atoms with van der Waals surface area (Å²) in [6.45, 7) is 0.846. The highest BCUT2D eigenvalue weighted by molar-refractivity contribution is 6.42. The summed E-state index contributed by atoms with van der Waals surface area (Å²) in [7, 11) is 4.02. The minimum Gasteiger partial charge on any atom is -1.00 e. The summed E-state index contributed by atoms with van der Waals surface area (Å²) in [4.78, 5) is -0.389. The molecule has 1 aromatic rings. The second-order valence-electron chi connectivity index (χ2n) is 3.70. The molecule has 0 heterocycles. The summed E-state index contributed by atoms with van der Waals surface area (Å²) in [5.74, 6) is 0. The standard InChI is InChI=1S/C10H14Cl2N.HI/c1-13(2,10(11)12)8-9-6-4-3-5-7-9;/h3-7,10H,8H2,1-2H3;1H/q+1;/p-1. The summed E-state index contributed by atoms with van der Waals surface area (Å²) < 4.78 is 0.577. The first-order valence-electron chi connectivity index (χ1n) is 4.17. The SMILES string of the molecule is C[N+](C)(Cc1ccccc1)C(Cl)Cl.[I-]. The number of benzene rings is 1. The first-order valence-corrected chi connectivity index (χ1v) is 5.04. The second kappa shape index (κ2) is 6.16. The maximum absolute atomic E-state index is 5.86. The molecule has 14 heavy (non-hydrogen) atoms. The zero-order valence-electron chi connectivity index (χ0n) is 8.25. The number of nitrogens with zero attached hydrogens (tertiary/aromatic N) is 1. The van der Waals surface area contributed by atoms with Crippen molar-refractivity contribution in [2.24, 2.45) is 0 Å². The van der Waals surface area contributed by atoms with Crippen LogP contribution >= 0.6 is 23.2 Å². The fourth-order valence-corrected chi connectivity index (χ4v) is 1.26. The Bertz CT molecular complexity index is 262. The highest BCUT2D eigenvalue weighted by Crippen LogP contribution is 2.19. The van der Waals surface area contributed by atoms with Gasteiger partial charge < -0.3 is 24.0 Å². The maximum Gasteiger partial charge on any atom is 0.241 e. The molecule has 1 aromatic carbocycles. The molecule has 0 aliphatic heterocycles. The Morgan fingerprint density at radius 1 is 1.14 bits per heavy atom. The minimum absolute atomic E-state index is 0. The lowest BCUT2D eigenvalue weighted by molar-refractivity contribution is -0.903. The molecule has 0 saturated heterocycles. The quantitative estimate of drug-likeness (QED) is 0.314. The van der Waals surface area contributed by atoms with Crippen molar-refractivity contribution in [3.63, 3.8) is 0 Å². The summed E-state index contributed by atoms with van der Waals surface area (Å²) in [5.41, 5.74) is 1.25. The third-order valence-corrected chi connectivity index (χ3v) is 3.02. The number of quaternary nitrogens is 1. The lowest BCUT2D eigenvalue weighted by Gasteiger charge is -2.30. The molecule has 0 aliphatic carbocycles. The number of rotatable bonds is 3. The zero-order valence-corrected chi connectivity index (χ0v) is 11.9. The molecule has 0 bridgehead atoms. The van der Waals surface area contributed by atoms with Gasteiger partial charge in [0.2, 0.25) is 4.96 Å². The van der Waals surface area contributed by atoms with Gasteiger partial charge >= 0.3 is 0 Å². The van der Waals surface area contributed by atoms with Crippen molar-refractivity contribution in [1.29, 1.82) is 0 Å². The van der Waals surface area contributed by atoms with Gasteiger partial charge in [-0.3, -0.25) is 4.48 Å². The van der Waals surface area contributed by atoms with Crippen LogP contribution in [0.3, 0.4) is 0 Å². The van der Waals surface area contributed by atoms with E-state index in [-0.39, 0.29) is 28.9 Å². The molecule has 4 heteroatoms. The van der Waals surface area contributed by atoms with Crippen molar-refractivity contribution in [2.45, 2.75) is 11.5 Å². The van der Waals surface area contributed by atoms with E-state index in [4.69, 9.17) is 23.2 Å². The summed E-state index contributed by atoms with van der Waals surface area (Å²) in [5, 5.41) is 0. The Hall–Kier alpha value is 0.490. The monoisotopic (exact) mass is 345 g/mol. The molecule has 0 radical (unpaired) electrons. The molecule has 0 N–H and O–H groups in total. The van der Waals surface area contributed by atoms with Crippen LogP contribution in [0, 0.1) is 0 Å². The molecular weight excluding hydrogens is 332 g/mol. The van der Waals surface area contributed by atoms with Crippen molar-refractivity contribution in [2.75, 3.05) is 14.1 Å². The van der Waals surface area contributed by atoms with Gasteiger partial charge in [-0.1, -0.05) is 30.3 Å². The van der Waals surface area contributed by atoms with Gasteiger partial charge in [0, 0.05) is 5.56 Å². The van der Waals surface area contributed by atoms with Gasteiger partial charge in [-0.2, -0.15) is 0 Å². The van der Waals surface area contributed by atoms with Gasteiger partial charge in [0.1, 0.15) is 6.54 Å². The molecule has 0 aromatic heterocycles. The van der Waals surface area contributed by atoms with E-state index in [1.54, 1.807) is 0 Å². The van der Waals surface area contributed by atoms with Gasteiger partial charge in [-0.05, 0) is 23.2 Å². The largest absolute Gasteiger partial charge is 1.00 e. The van der Waals surface area contributed by atoms with E-state index in [1.807, 2.05) is 32.3 Å². The molecule has 0 spiro atoms. The number of hydrogen-bond acceptors (Lipinski definition) is 0. The molecule has 0 unspecified atom stereocenters. The normalized spacial score (nSPS) is 11.2. The van der Waals surface area contributed by atoms with Crippen LogP contribution in [0.1, 0.15) is 5.56 Å². The van der Waals surface area contributed by atoms with E-state index >= 15 is 0 Å². The molecule has 1 nitrogen and oxygen atoms in total. The molecular formula is C10H14Cl2IN. The first-order chi connectivity index (χ1) is 6.02. The lowest BCUT2D eigenvalue weighted by atomic mass is 10.2. The van der Waals surface area contributed by atoms with Crippen molar-refractivity contribution in [1.82, 2.24) is 0 Å². The van der Waals surface area contributed by atoms with Crippen LogP contribution in [-0.4, -0.2) is 23.5 Å². The van der Waals surface area contributed by atoms with E-state index in [0.29, 0.717) is 4.48 Å². The van der Waals surface area contributed by atoms with E-state index in [9.17, 15) is 0 Å². The smallest absolute Gasteiger partial charge is 0.241 e. The summed E-state index contributed by atoms with van der Waals surface area (Å²) in [6, 6.07) is 10.2. The fourth-order valence-electron chi connectivity index (χ4n) is 1.12. The van der Waals surface area contributed by atoms with Crippen LogP contribution in [0.25, 0.3) is 0 Å². The van der Waals surface area contributed by atoms with Crippen molar-refractivity contribution in [3.8, 4) is 0 Å².